The molecular weight excluding hydrogens is 585 g/mol. The number of carboxylic acid groups (broad SMARTS) is 1. The Bertz CT molecular complexity index is 311. The average molecular weight is 642 g/mol. The van der Waals surface area contributed by atoms with Gasteiger partial charge in [-0.1, -0.05) is 71.1 Å². The zero-order valence-corrected chi connectivity index (χ0v) is 23.3. The molecule has 9 N–H and O–H groups in total. The van der Waals surface area contributed by atoms with Crippen molar-refractivity contribution in [2.24, 2.45) is 11.5 Å². The van der Waals surface area contributed by atoms with Crippen molar-refractivity contribution in [3.05, 3.63) is 0 Å². The first-order chi connectivity index (χ1) is 14.7. The van der Waals surface area contributed by atoms with Crippen LogP contribution in [0.15, 0.2) is 0 Å². The van der Waals surface area contributed by atoms with E-state index in [0.717, 1.165) is 52.1 Å². The summed E-state index contributed by atoms with van der Waals surface area (Å²) in [6, 6.07) is 0. The molecule has 0 saturated carbocycles. The number of carbonyl (C=O) groups excluding carboxylic acids is 1. The van der Waals surface area contributed by atoms with Gasteiger partial charge in [-0.15, -0.1) is 0 Å². The monoisotopic (exact) mass is 641 g/mol. The first-order valence-electron chi connectivity index (χ1n) is 12.7. The van der Waals surface area contributed by atoms with E-state index >= 15 is 0 Å². The summed E-state index contributed by atoms with van der Waals surface area (Å²) in [5.41, 5.74) is 10.9. The number of nitrogens with one attached hydrogen (secondary N) is 2. The summed E-state index contributed by atoms with van der Waals surface area (Å²) in [5.74, 6) is -0.913. The zero-order valence-electron chi connectivity index (χ0n) is 21.1. The number of carbonyl (C=O) groups is 1. The molecule has 0 unspecified atom stereocenters. The van der Waals surface area contributed by atoms with Gasteiger partial charge in [0.05, 0.1) is 0 Å². The van der Waals surface area contributed by atoms with E-state index in [1.807, 2.05) is 0 Å². The van der Waals surface area contributed by atoms with E-state index in [9.17, 15) is 9.90 Å². The Morgan fingerprint density at radius 1 is 0.625 bits per heavy atom. The van der Waals surface area contributed by atoms with Gasteiger partial charge in [-0.25, -0.2) is 0 Å². The summed E-state index contributed by atoms with van der Waals surface area (Å²) < 4.78 is 0. The molecule has 0 bridgehead atoms. The number of nitrogens with two attached hydrogens (primary N) is 2. The van der Waals surface area contributed by atoms with Crippen molar-refractivity contribution in [3.8, 4) is 0 Å². The van der Waals surface area contributed by atoms with Gasteiger partial charge in [-0.05, 0) is 64.7 Å². The summed E-state index contributed by atoms with van der Waals surface area (Å²) in [6.07, 6.45) is 18.4. The normalized spacial score (nSPS) is 9.97. The molecule has 0 spiro atoms. The third-order valence-electron chi connectivity index (χ3n) is 5.08. The van der Waals surface area contributed by atoms with Crippen LogP contribution in [0.4, 0.5) is 0 Å². The van der Waals surface area contributed by atoms with E-state index in [1.54, 1.807) is 0 Å². The molecule has 0 fully saturated rings. The molecule has 0 aromatic carbocycles. The van der Waals surface area contributed by atoms with Crippen molar-refractivity contribution in [1.82, 2.24) is 16.8 Å². The largest absolute Gasteiger partial charge is 0.550 e. The molecule has 200 valence electrons. The molecule has 0 amide bonds. The van der Waals surface area contributed by atoms with Gasteiger partial charge in [0.1, 0.15) is 0 Å². The third-order valence-corrected chi connectivity index (χ3v) is 5.08. The first kappa shape index (κ1) is 39.2. The van der Waals surface area contributed by atoms with Crippen LogP contribution in [0, 0.1) is 0 Å². The number of hydrogen-bond acceptors (Lipinski definition) is 7. The standard InChI is InChI=1S/C14H34N4.C10H20O2.H3N.Pt/c15-9-5-1-3-7-11-17-13-14-18-12-8-4-2-6-10-16;1-2-3-4-5-6-7-8-9-10(11)12;;/h17-18H,1-16H2;2-9H2,1H3,(H,11,12);1H3;/p-1. The fourth-order valence-electron chi connectivity index (χ4n) is 3.15. The Labute approximate surface area is 213 Å². The predicted molar refractivity (Wildman–Crippen MR) is 133 cm³/mol. The van der Waals surface area contributed by atoms with Crippen LogP contribution in [-0.2, 0) is 25.9 Å². The van der Waals surface area contributed by atoms with Crippen LogP contribution in [0.1, 0.15) is 110 Å². The molecule has 0 aromatic heterocycles. The van der Waals surface area contributed by atoms with Crippen LogP contribution in [0.5, 0.6) is 0 Å². The third kappa shape index (κ3) is 43.8. The quantitative estimate of drug-likeness (QED) is 0.108. The second kappa shape index (κ2) is 38.2. The second-order valence-electron chi connectivity index (χ2n) is 8.15. The minimum absolute atomic E-state index is 0. The molecule has 7 nitrogen and oxygen atoms in total. The Morgan fingerprint density at radius 3 is 1.41 bits per heavy atom. The van der Waals surface area contributed by atoms with Gasteiger partial charge in [0.25, 0.3) is 0 Å². The van der Waals surface area contributed by atoms with Gasteiger partial charge in [0.15, 0.2) is 0 Å². The molecule has 0 saturated heterocycles. The topological polar surface area (TPSA) is 151 Å². The maximum atomic E-state index is 10.0. The fraction of sp³-hybridized carbons (Fsp3) is 0.958. The summed E-state index contributed by atoms with van der Waals surface area (Å²) in [4.78, 5) is 10.0. The fourth-order valence-corrected chi connectivity index (χ4v) is 3.15. The van der Waals surface area contributed by atoms with Gasteiger partial charge >= 0.3 is 0 Å². The number of aliphatic carboxylic acids is 1. The van der Waals surface area contributed by atoms with Gasteiger partial charge < -0.3 is 38.2 Å². The van der Waals surface area contributed by atoms with E-state index in [-0.39, 0.29) is 33.6 Å². The van der Waals surface area contributed by atoms with Crippen LogP contribution < -0.4 is 33.4 Å². The summed E-state index contributed by atoms with van der Waals surface area (Å²) >= 11 is 0. The molecule has 0 aliphatic carbocycles. The summed E-state index contributed by atoms with van der Waals surface area (Å²) in [7, 11) is 0. The Kier molecular flexibility index (Phi) is 46.8. The van der Waals surface area contributed by atoms with E-state index in [4.69, 9.17) is 11.5 Å². The molecule has 8 heteroatoms. The first-order valence-corrected chi connectivity index (χ1v) is 12.7. The van der Waals surface area contributed by atoms with Gasteiger partial charge in [0, 0.05) is 40.1 Å². The smallest absolute Gasteiger partial charge is 0.0414 e. The molecule has 0 aromatic rings. The molecule has 0 radical (unpaired) electrons. The Morgan fingerprint density at radius 2 is 1.00 bits per heavy atom. The second-order valence-corrected chi connectivity index (χ2v) is 8.15. The number of rotatable bonds is 23. The SMILES string of the molecule is CCCCCCCCCC(=O)[O-].N.NCCCCCCNCCNCCCCCCN.[Pt]. The van der Waals surface area contributed by atoms with Crippen LogP contribution >= 0.6 is 0 Å². The van der Waals surface area contributed by atoms with Gasteiger partial charge in [-0.3, -0.25) is 0 Å². The van der Waals surface area contributed by atoms with Crippen molar-refractivity contribution in [3.63, 3.8) is 0 Å². The Hall–Kier alpha value is -0.0417. The van der Waals surface area contributed by atoms with E-state index in [0.29, 0.717) is 0 Å². The summed E-state index contributed by atoms with van der Waals surface area (Å²) in [5, 5.41) is 16.9. The van der Waals surface area contributed by atoms with Crippen molar-refractivity contribution >= 4 is 5.97 Å². The van der Waals surface area contributed by atoms with Gasteiger partial charge in [0.2, 0.25) is 0 Å². The molecule has 0 atom stereocenters. The van der Waals surface area contributed by atoms with Crippen LogP contribution in [0.25, 0.3) is 0 Å². The minimum atomic E-state index is -0.913. The van der Waals surface area contributed by atoms with E-state index in [2.05, 4.69) is 17.6 Å². The maximum absolute atomic E-state index is 10.0. The maximum Gasteiger partial charge on any atom is 0.0414 e. The van der Waals surface area contributed by atoms with E-state index < -0.39 is 5.97 Å². The van der Waals surface area contributed by atoms with Gasteiger partial charge in [-0.2, -0.15) is 0 Å². The van der Waals surface area contributed by atoms with Crippen LogP contribution in [0.3, 0.4) is 0 Å². The van der Waals surface area contributed by atoms with Crippen molar-refractivity contribution in [2.75, 3.05) is 39.3 Å². The van der Waals surface area contributed by atoms with Crippen molar-refractivity contribution < 1.29 is 31.0 Å². The number of hydrogen-bond donors (Lipinski definition) is 5. The Balaban J connectivity index is -0.000000247. The zero-order chi connectivity index (χ0) is 22.5. The van der Waals surface area contributed by atoms with E-state index in [1.165, 1.54) is 83.5 Å². The molecule has 32 heavy (non-hydrogen) atoms. The van der Waals surface area contributed by atoms with Crippen LogP contribution in [-0.4, -0.2) is 45.2 Å². The molecule has 0 aliphatic rings. The van der Waals surface area contributed by atoms with Crippen LogP contribution in [0.2, 0.25) is 0 Å². The minimum Gasteiger partial charge on any atom is -0.550 e. The summed E-state index contributed by atoms with van der Waals surface area (Å²) in [6.45, 7) is 8.31. The average Bonchev–Trinajstić information content (AvgIpc) is 2.73. The number of carboxylic acids is 1. The predicted octanol–water partition coefficient (Wildman–Crippen LogP) is 3.24. The molecular formula is C24H56N5O2Pt-. The molecule has 0 aliphatic heterocycles. The van der Waals surface area contributed by atoms with Crippen molar-refractivity contribution in [1.29, 1.82) is 0 Å². The molecule has 0 heterocycles. The van der Waals surface area contributed by atoms with Crippen molar-refractivity contribution in [2.45, 2.75) is 110 Å². The number of unbranched alkanes of at least 4 members (excludes halogenated alkanes) is 12. The molecule has 0 rings (SSSR count).